The van der Waals surface area contributed by atoms with E-state index in [9.17, 15) is 8.78 Å². The topological polar surface area (TPSA) is 37.8 Å². The van der Waals surface area contributed by atoms with E-state index in [2.05, 4.69) is 15.3 Å². The van der Waals surface area contributed by atoms with Crippen molar-refractivity contribution < 1.29 is 8.78 Å². The molecule has 0 amide bonds. The molecule has 0 atom stereocenters. The van der Waals surface area contributed by atoms with Crippen molar-refractivity contribution in [3.05, 3.63) is 29.1 Å². The fraction of sp³-hybridized carbons (Fsp3) is 0.273. The Kier molecular flexibility index (Phi) is 3.11. The molecule has 2 rings (SSSR count). The highest BCUT2D eigenvalue weighted by Crippen LogP contribution is 2.25. The van der Waals surface area contributed by atoms with Crippen molar-refractivity contribution in [2.24, 2.45) is 0 Å². The van der Waals surface area contributed by atoms with Gasteiger partial charge in [-0.25, -0.2) is 18.7 Å². The van der Waals surface area contributed by atoms with Crippen LogP contribution in [0.5, 0.6) is 0 Å². The molecule has 2 aromatic rings. The molecular weight excluding hydrogens is 248 g/mol. The maximum Gasteiger partial charge on any atom is 0.225 e. The van der Waals surface area contributed by atoms with Gasteiger partial charge in [-0.1, -0.05) is 0 Å². The van der Waals surface area contributed by atoms with Crippen molar-refractivity contribution >= 4 is 28.3 Å². The molecule has 0 fully saturated rings. The number of nitrogens with one attached hydrogen (secondary N) is 1. The van der Waals surface area contributed by atoms with Crippen molar-refractivity contribution in [2.45, 2.75) is 19.9 Å². The fourth-order valence-electron chi connectivity index (χ4n) is 1.51. The minimum atomic E-state index is -0.754. The molecule has 0 radical (unpaired) electrons. The van der Waals surface area contributed by atoms with Gasteiger partial charge in [0.2, 0.25) is 5.28 Å². The van der Waals surface area contributed by atoms with E-state index >= 15 is 0 Å². The molecule has 0 aliphatic carbocycles. The zero-order valence-corrected chi connectivity index (χ0v) is 10.0. The standard InChI is InChI=1S/C11H10ClF2N3/c1-5(2)15-10-7-3-6(13)4-8(14)9(7)16-11(12)17-10/h3-5H,1-2H3,(H,15,16,17). The highest BCUT2D eigenvalue weighted by Gasteiger charge is 2.12. The second-order valence-electron chi connectivity index (χ2n) is 3.92. The SMILES string of the molecule is CC(C)Nc1nc(Cl)nc2c(F)cc(F)cc12. The zero-order chi connectivity index (χ0) is 12.6. The van der Waals surface area contributed by atoms with Gasteiger partial charge in [-0.15, -0.1) is 0 Å². The van der Waals surface area contributed by atoms with Crippen LogP contribution in [0.15, 0.2) is 12.1 Å². The highest BCUT2D eigenvalue weighted by atomic mass is 35.5. The van der Waals surface area contributed by atoms with E-state index in [0.717, 1.165) is 6.07 Å². The quantitative estimate of drug-likeness (QED) is 0.838. The third kappa shape index (κ3) is 2.44. The number of hydrogen-bond acceptors (Lipinski definition) is 3. The third-order valence-corrected chi connectivity index (χ3v) is 2.29. The Morgan fingerprint density at radius 2 is 1.94 bits per heavy atom. The van der Waals surface area contributed by atoms with Crippen LogP contribution in [0, 0.1) is 11.6 Å². The Bertz CT molecular complexity index is 572. The van der Waals surface area contributed by atoms with Crippen molar-refractivity contribution in [3.63, 3.8) is 0 Å². The van der Waals surface area contributed by atoms with Crippen molar-refractivity contribution in [1.82, 2.24) is 9.97 Å². The summed E-state index contributed by atoms with van der Waals surface area (Å²) in [4.78, 5) is 7.69. The second-order valence-corrected chi connectivity index (χ2v) is 4.26. The zero-order valence-electron chi connectivity index (χ0n) is 9.26. The molecule has 1 aromatic carbocycles. The Labute approximate surface area is 102 Å². The normalized spacial score (nSPS) is 11.2. The van der Waals surface area contributed by atoms with Crippen molar-refractivity contribution in [3.8, 4) is 0 Å². The number of fused-ring (bicyclic) bond motifs is 1. The monoisotopic (exact) mass is 257 g/mol. The Balaban J connectivity index is 2.73. The number of aromatic nitrogens is 2. The van der Waals surface area contributed by atoms with Crippen LogP contribution in [-0.4, -0.2) is 16.0 Å². The van der Waals surface area contributed by atoms with E-state index in [4.69, 9.17) is 11.6 Å². The lowest BCUT2D eigenvalue weighted by Gasteiger charge is -2.12. The van der Waals surface area contributed by atoms with Gasteiger partial charge in [0, 0.05) is 17.5 Å². The molecule has 1 N–H and O–H groups in total. The summed E-state index contributed by atoms with van der Waals surface area (Å²) >= 11 is 5.70. The summed E-state index contributed by atoms with van der Waals surface area (Å²) in [7, 11) is 0. The molecule has 1 aromatic heterocycles. The first-order chi connectivity index (χ1) is 7.97. The lowest BCUT2D eigenvalue weighted by Crippen LogP contribution is -2.12. The molecule has 17 heavy (non-hydrogen) atoms. The maximum absolute atomic E-state index is 13.5. The van der Waals surface area contributed by atoms with E-state index in [1.807, 2.05) is 13.8 Å². The smallest absolute Gasteiger partial charge is 0.225 e. The molecule has 0 bridgehead atoms. The lowest BCUT2D eigenvalue weighted by atomic mass is 10.2. The largest absolute Gasteiger partial charge is 0.367 e. The number of halogens is 3. The summed E-state index contributed by atoms with van der Waals surface area (Å²) in [6, 6.07) is 2.01. The molecule has 0 saturated carbocycles. The average molecular weight is 258 g/mol. The molecule has 0 aliphatic heterocycles. The minimum absolute atomic E-state index is 0.00884. The lowest BCUT2D eigenvalue weighted by molar-refractivity contribution is 0.590. The van der Waals surface area contributed by atoms with E-state index in [1.54, 1.807) is 0 Å². The van der Waals surface area contributed by atoms with E-state index < -0.39 is 11.6 Å². The molecule has 3 nitrogen and oxygen atoms in total. The van der Waals surface area contributed by atoms with Crippen LogP contribution in [0.3, 0.4) is 0 Å². The summed E-state index contributed by atoms with van der Waals surface area (Å²) in [5.74, 6) is -1.10. The first-order valence-corrected chi connectivity index (χ1v) is 5.44. The van der Waals surface area contributed by atoms with Crippen LogP contribution in [0.25, 0.3) is 10.9 Å². The van der Waals surface area contributed by atoms with Crippen LogP contribution in [0.4, 0.5) is 14.6 Å². The van der Waals surface area contributed by atoms with Crippen LogP contribution >= 0.6 is 11.6 Å². The van der Waals surface area contributed by atoms with Crippen LogP contribution < -0.4 is 5.32 Å². The summed E-state index contributed by atoms with van der Waals surface area (Å²) < 4.78 is 26.7. The predicted molar refractivity (Wildman–Crippen MR) is 63.2 cm³/mol. The van der Waals surface area contributed by atoms with E-state index in [-0.39, 0.29) is 22.2 Å². The van der Waals surface area contributed by atoms with Gasteiger partial charge in [0.1, 0.15) is 17.2 Å². The molecule has 0 unspecified atom stereocenters. The Morgan fingerprint density at radius 1 is 1.24 bits per heavy atom. The van der Waals surface area contributed by atoms with Crippen molar-refractivity contribution in [1.29, 1.82) is 0 Å². The maximum atomic E-state index is 13.5. The Hall–Kier alpha value is -1.49. The van der Waals surface area contributed by atoms with Gasteiger partial charge < -0.3 is 5.32 Å². The van der Waals surface area contributed by atoms with Crippen molar-refractivity contribution in [2.75, 3.05) is 5.32 Å². The van der Waals surface area contributed by atoms with Gasteiger partial charge in [0.05, 0.1) is 0 Å². The average Bonchev–Trinajstić information content (AvgIpc) is 2.19. The summed E-state index contributed by atoms with van der Waals surface area (Å²) in [5.41, 5.74) is 0.00884. The number of benzene rings is 1. The molecular formula is C11H10ClF2N3. The van der Waals surface area contributed by atoms with E-state index in [1.165, 1.54) is 6.07 Å². The van der Waals surface area contributed by atoms with Gasteiger partial charge in [-0.3, -0.25) is 0 Å². The number of hydrogen-bond donors (Lipinski definition) is 1. The Morgan fingerprint density at radius 3 is 2.59 bits per heavy atom. The second kappa shape index (κ2) is 4.41. The molecule has 0 aliphatic rings. The molecule has 0 spiro atoms. The number of rotatable bonds is 2. The molecule has 6 heteroatoms. The minimum Gasteiger partial charge on any atom is -0.367 e. The van der Waals surface area contributed by atoms with Crippen LogP contribution in [-0.2, 0) is 0 Å². The molecule has 0 saturated heterocycles. The van der Waals surface area contributed by atoms with Gasteiger partial charge in [-0.05, 0) is 31.5 Å². The predicted octanol–water partition coefficient (Wildman–Crippen LogP) is 3.38. The summed E-state index contributed by atoms with van der Waals surface area (Å²) in [6.07, 6.45) is 0. The third-order valence-electron chi connectivity index (χ3n) is 2.12. The summed E-state index contributed by atoms with van der Waals surface area (Å²) in [6.45, 7) is 3.77. The van der Waals surface area contributed by atoms with Gasteiger partial charge >= 0.3 is 0 Å². The number of anilines is 1. The number of nitrogens with zero attached hydrogens (tertiary/aromatic N) is 2. The van der Waals surface area contributed by atoms with E-state index in [0.29, 0.717) is 5.82 Å². The van der Waals surface area contributed by atoms with Crippen LogP contribution in [0.2, 0.25) is 5.28 Å². The van der Waals surface area contributed by atoms with Crippen LogP contribution in [0.1, 0.15) is 13.8 Å². The van der Waals surface area contributed by atoms with Gasteiger partial charge in [0.25, 0.3) is 0 Å². The van der Waals surface area contributed by atoms with Gasteiger partial charge in [-0.2, -0.15) is 0 Å². The first-order valence-electron chi connectivity index (χ1n) is 5.06. The summed E-state index contributed by atoms with van der Waals surface area (Å²) in [5, 5.41) is 3.17. The van der Waals surface area contributed by atoms with Gasteiger partial charge in [0.15, 0.2) is 5.82 Å². The molecule has 90 valence electrons. The fourth-order valence-corrected chi connectivity index (χ4v) is 1.68. The highest BCUT2D eigenvalue weighted by molar-refractivity contribution is 6.28. The molecule has 1 heterocycles. The first kappa shape index (κ1) is 12.0.